The number of hydrogen-bond acceptors (Lipinski definition) is 4. The second kappa shape index (κ2) is 5.42. The largest absolute Gasteiger partial charge is 0.342 e. The first-order chi connectivity index (χ1) is 11.2. The van der Waals surface area contributed by atoms with Crippen LogP contribution in [0.4, 0.5) is 4.39 Å². The number of amides is 1. The summed E-state index contributed by atoms with van der Waals surface area (Å²) in [5.41, 5.74) is 1.91. The Morgan fingerprint density at radius 3 is 2.96 bits per heavy atom. The Bertz CT molecular complexity index is 863. The van der Waals surface area contributed by atoms with Crippen LogP contribution in [-0.4, -0.2) is 43.8 Å². The maximum atomic E-state index is 13.3. The average Bonchev–Trinajstić information content (AvgIpc) is 3.21. The van der Waals surface area contributed by atoms with E-state index in [1.807, 2.05) is 0 Å². The van der Waals surface area contributed by atoms with Gasteiger partial charge in [-0.3, -0.25) is 4.79 Å². The van der Waals surface area contributed by atoms with E-state index in [0.29, 0.717) is 24.2 Å². The molecule has 0 bridgehead atoms. The van der Waals surface area contributed by atoms with Gasteiger partial charge < -0.3 is 9.88 Å². The lowest BCUT2D eigenvalue weighted by Crippen LogP contribution is -2.28. The van der Waals surface area contributed by atoms with Gasteiger partial charge in [0.25, 0.3) is 5.91 Å². The van der Waals surface area contributed by atoms with Crippen LogP contribution in [0.2, 0.25) is 0 Å². The van der Waals surface area contributed by atoms with Crippen molar-refractivity contribution in [1.82, 2.24) is 24.8 Å². The molecule has 4 rings (SSSR count). The summed E-state index contributed by atoms with van der Waals surface area (Å²) in [6.07, 6.45) is 5.26. The fraction of sp³-hybridized carbons (Fsp3) is 0.250. The van der Waals surface area contributed by atoms with Crippen LogP contribution in [0.5, 0.6) is 0 Å². The van der Waals surface area contributed by atoms with Crippen LogP contribution < -0.4 is 0 Å². The van der Waals surface area contributed by atoms with Gasteiger partial charge in [0.15, 0.2) is 0 Å². The van der Waals surface area contributed by atoms with Gasteiger partial charge in [0, 0.05) is 31.4 Å². The van der Waals surface area contributed by atoms with E-state index in [-0.39, 0.29) is 17.6 Å². The normalized spacial score (nSPS) is 17.8. The Hall–Kier alpha value is -2.83. The summed E-state index contributed by atoms with van der Waals surface area (Å²) >= 11 is 0. The lowest BCUT2D eigenvalue weighted by Gasteiger charge is -2.15. The highest BCUT2D eigenvalue weighted by molar-refractivity contribution is 5.93. The molecule has 3 heterocycles. The number of H-pyrrole nitrogens is 1. The van der Waals surface area contributed by atoms with Gasteiger partial charge in [-0.25, -0.2) is 19.3 Å². The number of aromatic amines is 1. The predicted octanol–water partition coefficient (Wildman–Crippen LogP) is 2.12. The van der Waals surface area contributed by atoms with Crippen molar-refractivity contribution in [3.63, 3.8) is 0 Å². The monoisotopic (exact) mass is 311 g/mol. The van der Waals surface area contributed by atoms with Crippen molar-refractivity contribution in [3.05, 3.63) is 54.1 Å². The second-order valence-electron chi connectivity index (χ2n) is 5.65. The first-order valence-corrected chi connectivity index (χ1v) is 7.40. The number of rotatable bonds is 2. The first-order valence-electron chi connectivity index (χ1n) is 7.40. The summed E-state index contributed by atoms with van der Waals surface area (Å²) < 4.78 is 13.3. The molecule has 1 aromatic carbocycles. The molecule has 0 aliphatic carbocycles. The molecule has 1 aliphatic heterocycles. The van der Waals surface area contributed by atoms with Crippen molar-refractivity contribution in [1.29, 1.82) is 0 Å². The fourth-order valence-corrected chi connectivity index (χ4v) is 2.95. The van der Waals surface area contributed by atoms with Crippen molar-refractivity contribution in [2.75, 3.05) is 13.1 Å². The number of carbonyl (C=O) groups is 1. The third kappa shape index (κ3) is 2.54. The molecular weight excluding hydrogens is 297 g/mol. The Labute approximate surface area is 131 Å². The molecule has 6 nitrogen and oxygen atoms in total. The van der Waals surface area contributed by atoms with Gasteiger partial charge in [-0.15, -0.1) is 0 Å². The standard InChI is InChI=1S/C16H14FN5O/c17-12-1-2-13-14(5-12)21-15(20-13)10-3-4-22(8-10)16(23)11-6-18-9-19-7-11/h1-2,5-7,9-10H,3-4,8H2,(H,20,21)/t10-/m0/s1. The highest BCUT2D eigenvalue weighted by Gasteiger charge is 2.30. The Kier molecular flexibility index (Phi) is 3.25. The van der Waals surface area contributed by atoms with E-state index in [1.54, 1.807) is 11.0 Å². The molecule has 1 atom stereocenters. The van der Waals surface area contributed by atoms with Gasteiger partial charge in [-0.1, -0.05) is 0 Å². The van der Waals surface area contributed by atoms with Gasteiger partial charge >= 0.3 is 0 Å². The third-order valence-corrected chi connectivity index (χ3v) is 4.13. The van der Waals surface area contributed by atoms with Crippen LogP contribution in [0, 0.1) is 5.82 Å². The molecule has 1 N–H and O–H groups in total. The van der Waals surface area contributed by atoms with Gasteiger partial charge in [0.05, 0.1) is 16.6 Å². The summed E-state index contributed by atoms with van der Waals surface area (Å²) in [6, 6.07) is 4.49. The van der Waals surface area contributed by atoms with Crippen LogP contribution in [0.3, 0.4) is 0 Å². The lowest BCUT2D eigenvalue weighted by atomic mass is 10.1. The third-order valence-electron chi connectivity index (χ3n) is 4.13. The van der Waals surface area contributed by atoms with Gasteiger partial charge in [-0.2, -0.15) is 0 Å². The number of fused-ring (bicyclic) bond motifs is 1. The maximum absolute atomic E-state index is 13.3. The minimum absolute atomic E-state index is 0.0738. The van der Waals surface area contributed by atoms with E-state index < -0.39 is 0 Å². The maximum Gasteiger partial charge on any atom is 0.257 e. The van der Waals surface area contributed by atoms with Crippen molar-refractivity contribution in [2.24, 2.45) is 0 Å². The zero-order valence-corrected chi connectivity index (χ0v) is 12.2. The van der Waals surface area contributed by atoms with E-state index in [2.05, 4.69) is 19.9 Å². The Morgan fingerprint density at radius 2 is 2.13 bits per heavy atom. The smallest absolute Gasteiger partial charge is 0.257 e. The summed E-state index contributed by atoms with van der Waals surface area (Å²) in [5, 5.41) is 0. The molecule has 1 saturated heterocycles. The van der Waals surface area contributed by atoms with Gasteiger partial charge in [0.2, 0.25) is 0 Å². The number of benzene rings is 1. The van der Waals surface area contributed by atoms with E-state index in [1.165, 1.54) is 30.9 Å². The molecule has 1 amide bonds. The lowest BCUT2D eigenvalue weighted by molar-refractivity contribution is 0.0789. The van der Waals surface area contributed by atoms with Crippen LogP contribution >= 0.6 is 0 Å². The minimum Gasteiger partial charge on any atom is -0.342 e. The van der Waals surface area contributed by atoms with Gasteiger partial charge in [-0.05, 0) is 24.6 Å². The van der Waals surface area contributed by atoms with E-state index in [4.69, 9.17) is 0 Å². The number of likely N-dealkylation sites (tertiary alicyclic amines) is 1. The molecular formula is C16H14FN5O. The topological polar surface area (TPSA) is 74.8 Å². The average molecular weight is 311 g/mol. The molecule has 0 unspecified atom stereocenters. The molecule has 7 heteroatoms. The highest BCUT2D eigenvalue weighted by atomic mass is 19.1. The SMILES string of the molecule is O=C(c1cncnc1)N1CC[C@H](c2nc3ccc(F)cc3[nH]2)C1. The van der Waals surface area contributed by atoms with Gasteiger partial charge in [0.1, 0.15) is 18.0 Å². The summed E-state index contributed by atoms with van der Waals surface area (Å²) in [4.78, 5) is 29.6. The minimum atomic E-state index is -0.292. The highest BCUT2D eigenvalue weighted by Crippen LogP contribution is 2.28. The quantitative estimate of drug-likeness (QED) is 0.786. The van der Waals surface area contributed by atoms with E-state index >= 15 is 0 Å². The zero-order valence-electron chi connectivity index (χ0n) is 12.2. The first kappa shape index (κ1) is 13.8. The van der Waals surface area contributed by atoms with Crippen molar-refractivity contribution >= 4 is 16.9 Å². The Morgan fingerprint density at radius 1 is 1.30 bits per heavy atom. The van der Waals surface area contributed by atoms with Crippen LogP contribution in [0.15, 0.2) is 36.9 Å². The summed E-state index contributed by atoms with van der Waals surface area (Å²) in [6.45, 7) is 1.24. The molecule has 1 aliphatic rings. The van der Waals surface area contributed by atoms with E-state index in [0.717, 1.165) is 17.8 Å². The molecule has 2 aromatic heterocycles. The molecule has 3 aromatic rings. The van der Waals surface area contributed by atoms with Crippen LogP contribution in [-0.2, 0) is 0 Å². The van der Waals surface area contributed by atoms with Crippen molar-refractivity contribution in [2.45, 2.75) is 12.3 Å². The number of hydrogen-bond donors (Lipinski definition) is 1. The van der Waals surface area contributed by atoms with Crippen molar-refractivity contribution in [3.8, 4) is 0 Å². The molecule has 0 saturated carbocycles. The number of nitrogens with zero attached hydrogens (tertiary/aromatic N) is 4. The van der Waals surface area contributed by atoms with E-state index in [9.17, 15) is 9.18 Å². The number of halogens is 1. The molecule has 116 valence electrons. The number of carbonyl (C=O) groups excluding carboxylic acids is 1. The summed E-state index contributed by atoms with van der Waals surface area (Å²) in [5.74, 6) is 0.555. The molecule has 23 heavy (non-hydrogen) atoms. The number of nitrogens with one attached hydrogen (secondary N) is 1. The van der Waals surface area contributed by atoms with Crippen LogP contribution in [0.25, 0.3) is 11.0 Å². The van der Waals surface area contributed by atoms with Crippen LogP contribution in [0.1, 0.15) is 28.5 Å². The number of aromatic nitrogens is 4. The number of imidazole rings is 1. The Balaban J connectivity index is 1.54. The molecule has 1 fully saturated rings. The summed E-state index contributed by atoms with van der Waals surface area (Å²) in [7, 11) is 0. The van der Waals surface area contributed by atoms with Crippen molar-refractivity contribution < 1.29 is 9.18 Å². The molecule has 0 radical (unpaired) electrons. The molecule has 0 spiro atoms. The zero-order chi connectivity index (χ0) is 15.8. The fourth-order valence-electron chi connectivity index (χ4n) is 2.95. The predicted molar refractivity (Wildman–Crippen MR) is 81.3 cm³/mol. The second-order valence-corrected chi connectivity index (χ2v) is 5.65.